The molecule has 1 heterocycles. The van der Waals surface area contributed by atoms with Crippen molar-refractivity contribution in [3.8, 4) is 0 Å². The summed E-state index contributed by atoms with van der Waals surface area (Å²) in [5, 5.41) is 0. The highest BCUT2D eigenvalue weighted by Gasteiger charge is 2.11. The van der Waals surface area contributed by atoms with Gasteiger partial charge in [-0.25, -0.2) is 9.97 Å². The normalized spacial score (nSPS) is 12.5. The van der Waals surface area contributed by atoms with Gasteiger partial charge in [-0.2, -0.15) is 11.8 Å². The van der Waals surface area contributed by atoms with E-state index in [4.69, 9.17) is 5.73 Å². The molecule has 1 unspecified atom stereocenters. The highest BCUT2D eigenvalue weighted by atomic mass is 32.2. The molecule has 0 amide bonds. The lowest BCUT2D eigenvalue weighted by atomic mass is 10.2. The average Bonchev–Trinajstić information content (AvgIpc) is 2.26. The van der Waals surface area contributed by atoms with Crippen LogP contribution in [-0.4, -0.2) is 35.1 Å². The lowest BCUT2D eigenvalue weighted by Crippen LogP contribution is -2.30. The van der Waals surface area contributed by atoms with Crippen molar-refractivity contribution >= 4 is 23.4 Å². The zero-order valence-corrected chi connectivity index (χ0v) is 10.3. The van der Waals surface area contributed by atoms with Crippen molar-refractivity contribution in [2.45, 2.75) is 19.4 Å². The minimum absolute atomic E-state index is 0.445. The maximum absolute atomic E-state index is 5.54. The molecule has 15 heavy (non-hydrogen) atoms. The molecule has 2 N–H and O–H groups in total. The number of hydrogen-bond acceptors (Lipinski definition) is 5. The van der Waals surface area contributed by atoms with E-state index < -0.39 is 0 Å². The van der Waals surface area contributed by atoms with E-state index in [-0.39, 0.29) is 0 Å². The van der Waals surface area contributed by atoms with Crippen molar-refractivity contribution in [2.75, 3.05) is 29.7 Å². The molecule has 0 saturated carbocycles. The summed E-state index contributed by atoms with van der Waals surface area (Å²) in [5.74, 6) is 1.89. The van der Waals surface area contributed by atoms with Gasteiger partial charge in [0, 0.05) is 13.1 Å². The maximum atomic E-state index is 5.54. The summed E-state index contributed by atoms with van der Waals surface area (Å²) in [6, 6.07) is 0.445. The van der Waals surface area contributed by atoms with Gasteiger partial charge in [0.1, 0.15) is 0 Å². The summed E-state index contributed by atoms with van der Waals surface area (Å²) in [7, 11) is 2.01. The van der Waals surface area contributed by atoms with E-state index >= 15 is 0 Å². The molecule has 1 aromatic rings. The first-order valence-corrected chi connectivity index (χ1v) is 6.34. The third kappa shape index (κ3) is 3.58. The van der Waals surface area contributed by atoms with Crippen LogP contribution in [0.2, 0.25) is 0 Å². The number of hydrogen-bond donors (Lipinski definition) is 1. The summed E-state index contributed by atoms with van der Waals surface area (Å²) in [4.78, 5) is 10.5. The van der Waals surface area contributed by atoms with E-state index in [1.165, 1.54) is 0 Å². The fraction of sp³-hybridized carbons (Fsp3) is 0.600. The van der Waals surface area contributed by atoms with Crippen LogP contribution in [0.1, 0.15) is 13.3 Å². The molecule has 0 aliphatic heterocycles. The van der Waals surface area contributed by atoms with Crippen LogP contribution in [-0.2, 0) is 0 Å². The first kappa shape index (κ1) is 12.1. The van der Waals surface area contributed by atoms with Crippen molar-refractivity contribution in [2.24, 2.45) is 0 Å². The number of thioether (sulfide) groups is 1. The Bertz CT molecular complexity index is 288. The molecule has 1 aromatic heterocycles. The largest absolute Gasteiger partial charge is 0.396 e. The highest BCUT2D eigenvalue weighted by molar-refractivity contribution is 7.98. The summed E-state index contributed by atoms with van der Waals surface area (Å²) >= 11 is 1.86. The van der Waals surface area contributed by atoms with Crippen molar-refractivity contribution in [1.82, 2.24) is 9.97 Å². The lowest BCUT2D eigenvalue weighted by molar-refractivity contribution is 0.653. The number of aromatic nitrogens is 2. The average molecular weight is 226 g/mol. The van der Waals surface area contributed by atoms with Gasteiger partial charge in [0.2, 0.25) is 5.95 Å². The Morgan fingerprint density at radius 2 is 2.07 bits per heavy atom. The van der Waals surface area contributed by atoms with Gasteiger partial charge < -0.3 is 10.6 Å². The van der Waals surface area contributed by atoms with Gasteiger partial charge in [-0.15, -0.1) is 0 Å². The Kier molecular flexibility index (Phi) is 4.68. The first-order valence-electron chi connectivity index (χ1n) is 4.94. The molecule has 0 fully saturated rings. The van der Waals surface area contributed by atoms with Crippen LogP contribution >= 0.6 is 11.8 Å². The van der Waals surface area contributed by atoms with E-state index in [0.717, 1.165) is 18.1 Å². The van der Waals surface area contributed by atoms with Crippen molar-refractivity contribution in [1.29, 1.82) is 0 Å². The lowest BCUT2D eigenvalue weighted by Gasteiger charge is -2.24. The van der Waals surface area contributed by atoms with Gasteiger partial charge in [0.05, 0.1) is 18.1 Å². The molecule has 0 spiro atoms. The summed E-state index contributed by atoms with van der Waals surface area (Å²) in [6.07, 6.45) is 6.53. The van der Waals surface area contributed by atoms with Gasteiger partial charge in [0.15, 0.2) is 0 Å². The SMILES string of the molecule is CSCCC(C)N(C)c1ncc(N)cn1. The highest BCUT2D eigenvalue weighted by Crippen LogP contribution is 2.12. The molecule has 84 valence electrons. The molecule has 0 aliphatic carbocycles. The number of nitrogens with two attached hydrogens (primary N) is 1. The van der Waals surface area contributed by atoms with Crippen LogP contribution in [0.5, 0.6) is 0 Å². The monoisotopic (exact) mass is 226 g/mol. The Morgan fingerprint density at radius 1 is 1.47 bits per heavy atom. The minimum atomic E-state index is 0.445. The molecule has 1 atom stereocenters. The van der Waals surface area contributed by atoms with Gasteiger partial charge in [-0.1, -0.05) is 0 Å². The Hall–Kier alpha value is -0.970. The molecule has 0 saturated heterocycles. The van der Waals surface area contributed by atoms with Crippen LogP contribution in [0.3, 0.4) is 0 Å². The molecule has 5 heteroatoms. The molecule has 0 aliphatic rings. The van der Waals surface area contributed by atoms with E-state index in [1.807, 2.05) is 18.8 Å². The van der Waals surface area contributed by atoms with E-state index in [1.54, 1.807) is 12.4 Å². The van der Waals surface area contributed by atoms with Crippen LogP contribution in [0.15, 0.2) is 12.4 Å². The zero-order valence-electron chi connectivity index (χ0n) is 9.47. The molecule has 0 radical (unpaired) electrons. The number of nitrogens with zero attached hydrogens (tertiary/aromatic N) is 3. The third-order valence-corrected chi connectivity index (χ3v) is 3.02. The van der Waals surface area contributed by atoms with Crippen molar-refractivity contribution in [3.63, 3.8) is 0 Å². The molecular formula is C10H18N4S. The zero-order chi connectivity index (χ0) is 11.3. The van der Waals surface area contributed by atoms with E-state index in [0.29, 0.717) is 11.7 Å². The number of rotatable bonds is 5. The third-order valence-electron chi connectivity index (χ3n) is 2.37. The predicted molar refractivity (Wildman–Crippen MR) is 67.3 cm³/mol. The van der Waals surface area contributed by atoms with Crippen molar-refractivity contribution in [3.05, 3.63) is 12.4 Å². The number of nitrogen functional groups attached to an aromatic ring is 1. The fourth-order valence-corrected chi connectivity index (χ4v) is 1.77. The second-order valence-electron chi connectivity index (χ2n) is 3.56. The summed E-state index contributed by atoms with van der Waals surface area (Å²) in [5.41, 5.74) is 6.14. The molecule has 1 rings (SSSR count). The second-order valence-corrected chi connectivity index (χ2v) is 4.54. The first-order chi connectivity index (χ1) is 7.15. The van der Waals surface area contributed by atoms with E-state index in [9.17, 15) is 0 Å². The quantitative estimate of drug-likeness (QED) is 0.827. The van der Waals surface area contributed by atoms with Crippen molar-refractivity contribution < 1.29 is 0 Å². The van der Waals surface area contributed by atoms with Gasteiger partial charge >= 0.3 is 0 Å². The van der Waals surface area contributed by atoms with Gasteiger partial charge in [0.25, 0.3) is 0 Å². The van der Waals surface area contributed by atoms with Gasteiger partial charge in [-0.05, 0) is 25.4 Å². The molecule has 0 aromatic carbocycles. The molecular weight excluding hydrogens is 208 g/mol. The van der Waals surface area contributed by atoms with Crippen LogP contribution in [0.25, 0.3) is 0 Å². The van der Waals surface area contributed by atoms with Crippen LogP contribution < -0.4 is 10.6 Å². The van der Waals surface area contributed by atoms with Crippen LogP contribution in [0.4, 0.5) is 11.6 Å². The molecule has 4 nitrogen and oxygen atoms in total. The minimum Gasteiger partial charge on any atom is -0.396 e. The number of anilines is 2. The Labute approximate surface area is 95.3 Å². The fourth-order valence-electron chi connectivity index (χ4n) is 1.19. The van der Waals surface area contributed by atoms with Gasteiger partial charge in [-0.3, -0.25) is 0 Å². The smallest absolute Gasteiger partial charge is 0.225 e. The standard InChI is InChI=1S/C10H18N4S/c1-8(4-5-15-3)14(2)10-12-6-9(11)7-13-10/h6-8H,4-5,11H2,1-3H3. The topological polar surface area (TPSA) is 55.0 Å². The maximum Gasteiger partial charge on any atom is 0.225 e. The second kappa shape index (κ2) is 5.80. The van der Waals surface area contributed by atoms with E-state index in [2.05, 4.69) is 28.0 Å². The summed E-state index contributed by atoms with van der Waals surface area (Å²) in [6.45, 7) is 2.18. The Morgan fingerprint density at radius 3 is 2.60 bits per heavy atom. The predicted octanol–water partition coefficient (Wildman–Crippen LogP) is 1.64. The molecule has 0 bridgehead atoms. The Balaban J connectivity index is 2.59. The van der Waals surface area contributed by atoms with Crippen LogP contribution in [0, 0.1) is 0 Å². The summed E-state index contributed by atoms with van der Waals surface area (Å²) < 4.78 is 0.